The predicted molar refractivity (Wildman–Crippen MR) is 92.8 cm³/mol. The molecule has 1 heterocycles. The van der Waals surface area contributed by atoms with Crippen molar-refractivity contribution in [3.8, 4) is 0 Å². The fourth-order valence-corrected chi connectivity index (χ4v) is 2.46. The molecular formula is C17H20BrN3O. The third-order valence-electron chi connectivity index (χ3n) is 3.36. The third kappa shape index (κ3) is 5.95. The average molecular weight is 362 g/mol. The van der Waals surface area contributed by atoms with Crippen LogP contribution in [0.1, 0.15) is 12.0 Å². The van der Waals surface area contributed by atoms with Crippen molar-refractivity contribution in [1.82, 2.24) is 9.88 Å². The minimum Gasteiger partial charge on any atom is -0.326 e. The number of amides is 1. The second kappa shape index (κ2) is 8.66. The molecule has 4 nitrogen and oxygen atoms in total. The SMILES string of the molecule is CN(CCC(=O)Nc1cccc(Br)c1)CCc1ccncc1. The standard InChI is InChI=1S/C17H20BrN3O/c1-21(11-7-14-5-9-19-10-6-14)12-8-17(22)20-16-4-2-3-15(18)13-16/h2-6,9-10,13H,7-8,11-12H2,1H3,(H,20,22). The van der Waals surface area contributed by atoms with Gasteiger partial charge in [-0.05, 0) is 49.4 Å². The number of hydrogen-bond donors (Lipinski definition) is 1. The lowest BCUT2D eigenvalue weighted by Gasteiger charge is -2.16. The van der Waals surface area contributed by atoms with Crippen molar-refractivity contribution in [3.63, 3.8) is 0 Å². The molecule has 5 heteroatoms. The lowest BCUT2D eigenvalue weighted by molar-refractivity contribution is -0.116. The van der Waals surface area contributed by atoms with E-state index in [0.29, 0.717) is 6.42 Å². The molecule has 0 spiro atoms. The number of hydrogen-bond acceptors (Lipinski definition) is 3. The van der Waals surface area contributed by atoms with E-state index in [1.54, 1.807) is 12.4 Å². The Morgan fingerprint density at radius 3 is 2.73 bits per heavy atom. The summed E-state index contributed by atoms with van der Waals surface area (Å²) in [4.78, 5) is 18.1. The van der Waals surface area contributed by atoms with E-state index < -0.39 is 0 Å². The zero-order valence-electron chi connectivity index (χ0n) is 12.6. The molecular weight excluding hydrogens is 342 g/mol. The molecule has 116 valence electrons. The van der Waals surface area contributed by atoms with Crippen LogP contribution < -0.4 is 5.32 Å². The number of nitrogens with zero attached hydrogens (tertiary/aromatic N) is 2. The van der Waals surface area contributed by atoms with Crippen LogP contribution in [0.3, 0.4) is 0 Å². The molecule has 0 unspecified atom stereocenters. The summed E-state index contributed by atoms with van der Waals surface area (Å²) < 4.78 is 0.958. The van der Waals surface area contributed by atoms with Gasteiger partial charge in [-0.15, -0.1) is 0 Å². The summed E-state index contributed by atoms with van der Waals surface area (Å²) in [6.07, 6.45) is 5.06. The van der Waals surface area contributed by atoms with Crippen molar-refractivity contribution in [2.45, 2.75) is 12.8 Å². The van der Waals surface area contributed by atoms with Crippen molar-refractivity contribution in [2.75, 3.05) is 25.5 Å². The number of carbonyl (C=O) groups excluding carboxylic acids is 1. The minimum atomic E-state index is 0.0360. The second-order valence-corrected chi connectivity index (χ2v) is 6.13. The van der Waals surface area contributed by atoms with Crippen molar-refractivity contribution < 1.29 is 4.79 Å². The van der Waals surface area contributed by atoms with E-state index in [9.17, 15) is 4.79 Å². The number of nitrogens with one attached hydrogen (secondary N) is 1. The number of carbonyl (C=O) groups is 1. The first-order chi connectivity index (χ1) is 10.6. The number of rotatable bonds is 7. The summed E-state index contributed by atoms with van der Waals surface area (Å²) >= 11 is 3.39. The van der Waals surface area contributed by atoms with E-state index in [1.165, 1.54) is 5.56 Å². The largest absolute Gasteiger partial charge is 0.326 e. The number of benzene rings is 1. The zero-order chi connectivity index (χ0) is 15.8. The molecule has 1 amide bonds. The summed E-state index contributed by atoms with van der Waals surface area (Å²) in [7, 11) is 2.04. The molecule has 0 aliphatic heterocycles. The van der Waals surface area contributed by atoms with Gasteiger partial charge in [0.2, 0.25) is 5.91 Å². The maximum absolute atomic E-state index is 11.9. The fraction of sp³-hybridized carbons (Fsp3) is 0.294. The predicted octanol–water partition coefficient (Wildman–Crippen LogP) is 3.35. The quantitative estimate of drug-likeness (QED) is 0.822. The van der Waals surface area contributed by atoms with Crippen LogP contribution in [0.15, 0.2) is 53.3 Å². The van der Waals surface area contributed by atoms with Gasteiger partial charge in [-0.3, -0.25) is 9.78 Å². The molecule has 22 heavy (non-hydrogen) atoms. The van der Waals surface area contributed by atoms with Gasteiger partial charge in [-0.1, -0.05) is 22.0 Å². The lowest BCUT2D eigenvalue weighted by Crippen LogP contribution is -2.26. The highest BCUT2D eigenvalue weighted by Gasteiger charge is 2.06. The maximum atomic E-state index is 11.9. The van der Waals surface area contributed by atoms with E-state index in [0.717, 1.165) is 29.7 Å². The summed E-state index contributed by atoms with van der Waals surface area (Å²) in [6.45, 7) is 1.67. The van der Waals surface area contributed by atoms with Gasteiger partial charge in [-0.2, -0.15) is 0 Å². The van der Waals surface area contributed by atoms with Crippen molar-refractivity contribution in [1.29, 1.82) is 0 Å². The first-order valence-corrected chi connectivity index (χ1v) is 8.05. The molecule has 0 bridgehead atoms. The average Bonchev–Trinajstić information content (AvgIpc) is 2.52. The third-order valence-corrected chi connectivity index (χ3v) is 3.85. The highest BCUT2D eigenvalue weighted by molar-refractivity contribution is 9.10. The van der Waals surface area contributed by atoms with Crippen LogP contribution in [0.2, 0.25) is 0 Å². The van der Waals surface area contributed by atoms with Gasteiger partial charge in [0.05, 0.1) is 0 Å². The highest BCUT2D eigenvalue weighted by atomic mass is 79.9. The first-order valence-electron chi connectivity index (χ1n) is 7.26. The summed E-state index contributed by atoms with van der Waals surface area (Å²) in [6, 6.07) is 11.7. The number of aromatic nitrogens is 1. The van der Waals surface area contributed by atoms with Gasteiger partial charge in [0.25, 0.3) is 0 Å². The Morgan fingerprint density at radius 1 is 1.23 bits per heavy atom. The van der Waals surface area contributed by atoms with E-state index in [2.05, 4.69) is 31.1 Å². The van der Waals surface area contributed by atoms with Gasteiger partial charge in [-0.25, -0.2) is 0 Å². The van der Waals surface area contributed by atoms with E-state index in [1.807, 2.05) is 43.4 Å². The van der Waals surface area contributed by atoms with Crippen LogP contribution >= 0.6 is 15.9 Å². The Balaban J connectivity index is 1.69. The van der Waals surface area contributed by atoms with E-state index in [-0.39, 0.29) is 5.91 Å². The Labute approximate surface area is 139 Å². The second-order valence-electron chi connectivity index (χ2n) is 5.22. The molecule has 1 aromatic carbocycles. The molecule has 0 aliphatic rings. The van der Waals surface area contributed by atoms with Crippen molar-refractivity contribution in [3.05, 3.63) is 58.8 Å². The van der Waals surface area contributed by atoms with Crippen LogP contribution in [0.5, 0.6) is 0 Å². The van der Waals surface area contributed by atoms with Crippen LogP contribution in [-0.4, -0.2) is 35.9 Å². The molecule has 2 aromatic rings. The Bertz CT molecular complexity index is 604. The smallest absolute Gasteiger partial charge is 0.225 e. The Kier molecular flexibility index (Phi) is 6.55. The van der Waals surface area contributed by atoms with Crippen molar-refractivity contribution >= 4 is 27.5 Å². The van der Waals surface area contributed by atoms with Gasteiger partial charge >= 0.3 is 0 Å². The molecule has 1 N–H and O–H groups in total. The number of halogens is 1. The maximum Gasteiger partial charge on any atom is 0.225 e. The molecule has 0 aliphatic carbocycles. The zero-order valence-corrected chi connectivity index (χ0v) is 14.2. The normalized spacial score (nSPS) is 10.7. The van der Waals surface area contributed by atoms with Crippen LogP contribution in [0.25, 0.3) is 0 Å². The van der Waals surface area contributed by atoms with Crippen molar-refractivity contribution in [2.24, 2.45) is 0 Å². The van der Waals surface area contributed by atoms with Gasteiger partial charge in [0.15, 0.2) is 0 Å². The lowest BCUT2D eigenvalue weighted by atomic mass is 10.2. The molecule has 2 rings (SSSR count). The van der Waals surface area contributed by atoms with E-state index in [4.69, 9.17) is 0 Å². The molecule has 0 saturated carbocycles. The van der Waals surface area contributed by atoms with Crippen LogP contribution in [0, 0.1) is 0 Å². The number of pyridine rings is 1. The molecule has 0 atom stereocenters. The van der Waals surface area contributed by atoms with Gasteiger partial charge < -0.3 is 10.2 Å². The highest BCUT2D eigenvalue weighted by Crippen LogP contribution is 2.15. The van der Waals surface area contributed by atoms with Gasteiger partial charge in [0, 0.05) is 42.1 Å². The summed E-state index contributed by atoms with van der Waals surface area (Å²) in [5.74, 6) is 0.0360. The topological polar surface area (TPSA) is 45.2 Å². The first kappa shape index (κ1) is 16.6. The Hall–Kier alpha value is -1.72. The fourth-order valence-electron chi connectivity index (χ4n) is 2.06. The Morgan fingerprint density at radius 2 is 2.00 bits per heavy atom. The van der Waals surface area contributed by atoms with Crippen LogP contribution in [0.4, 0.5) is 5.69 Å². The number of likely N-dealkylation sites (N-methyl/N-ethyl adjacent to an activating group) is 1. The van der Waals surface area contributed by atoms with Crippen LogP contribution in [-0.2, 0) is 11.2 Å². The molecule has 0 radical (unpaired) electrons. The molecule has 0 saturated heterocycles. The van der Waals surface area contributed by atoms with E-state index >= 15 is 0 Å². The molecule has 0 fully saturated rings. The van der Waals surface area contributed by atoms with Gasteiger partial charge in [0.1, 0.15) is 0 Å². The minimum absolute atomic E-state index is 0.0360. The number of anilines is 1. The summed E-state index contributed by atoms with van der Waals surface area (Å²) in [5.41, 5.74) is 2.08. The molecule has 1 aromatic heterocycles. The summed E-state index contributed by atoms with van der Waals surface area (Å²) in [5, 5.41) is 2.91. The monoisotopic (exact) mass is 361 g/mol.